The number of hydrogen-bond donors (Lipinski definition) is 1. The molecule has 0 bridgehead atoms. The van der Waals surface area contributed by atoms with Crippen molar-refractivity contribution in [2.24, 2.45) is 5.92 Å². The Morgan fingerprint density at radius 1 is 1.00 bits per heavy atom. The van der Waals surface area contributed by atoms with E-state index in [4.69, 9.17) is 9.26 Å². The highest BCUT2D eigenvalue weighted by molar-refractivity contribution is 5.88. The van der Waals surface area contributed by atoms with E-state index in [0.29, 0.717) is 12.0 Å². The Morgan fingerprint density at radius 2 is 1.94 bits per heavy atom. The zero-order valence-corrected chi connectivity index (χ0v) is 18.6. The Kier molecular flexibility index (Phi) is 5.49. The number of para-hydroxylation sites is 1. The summed E-state index contributed by atoms with van der Waals surface area (Å²) in [5.41, 5.74) is 2.19. The fraction of sp³-hybridized carbons (Fsp3) is 0.500. The molecule has 3 fully saturated rings. The van der Waals surface area contributed by atoms with Crippen molar-refractivity contribution >= 4 is 16.8 Å². The molecule has 3 heterocycles. The van der Waals surface area contributed by atoms with Crippen LogP contribution < -0.4 is 15.0 Å². The Labute approximate surface area is 189 Å². The van der Waals surface area contributed by atoms with Gasteiger partial charge in [0.05, 0.1) is 12.0 Å². The average Bonchev–Trinajstić information content (AvgIpc) is 3.58. The van der Waals surface area contributed by atoms with Crippen LogP contribution in [0.2, 0.25) is 0 Å². The van der Waals surface area contributed by atoms with E-state index in [-0.39, 0.29) is 0 Å². The molecule has 1 aliphatic carbocycles. The molecule has 1 saturated carbocycles. The number of fused-ring (bicyclic) bond motifs is 2. The summed E-state index contributed by atoms with van der Waals surface area (Å²) < 4.78 is 11.8. The van der Waals surface area contributed by atoms with Crippen molar-refractivity contribution in [2.75, 3.05) is 37.7 Å². The lowest BCUT2D eigenvalue weighted by atomic mass is 9.91. The molecule has 32 heavy (non-hydrogen) atoms. The number of benzene rings is 2. The molecule has 3 aliphatic rings. The van der Waals surface area contributed by atoms with Gasteiger partial charge in [0.2, 0.25) is 0 Å². The fourth-order valence-electron chi connectivity index (χ4n) is 5.20. The van der Waals surface area contributed by atoms with Gasteiger partial charge in [0, 0.05) is 50.7 Å². The summed E-state index contributed by atoms with van der Waals surface area (Å²) in [6, 6.07) is 18.1. The number of piperazine rings is 1. The van der Waals surface area contributed by atoms with Gasteiger partial charge in [-0.3, -0.25) is 4.90 Å². The Hall–Kier alpha value is -2.57. The standard InChI is InChI=1S/C26H32N4O2/c1-2-7-25-24(6-1)26(28-32-25)30-13-12-29-16-20(8-11-22(29)17-30)18-31-23-5-3-4-19(14-23)15-27-21-9-10-21/h1-7,14,20-22,27H,8-13,15-18H2. The van der Waals surface area contributed by atoms with Crippen LogP contribution in [0.5, 0.6) is 5.75 Å². The lowest BCUT2D eigenvalue weighted by molar-refractivity contribution is 0.0726. The third kappa shape index (κ3) is 4.34. The molecule has 2 aliphatic heterocycles. The predicted octanol–water partition coefficient (Wildman–Crippen LogP) is 4.06. The van der Waals surface area contributed by atoms with Crippen molar-refractivity contribution in [1.82, 2.24) is 15.4 Å². The second kappa shape index (κ2) is 8.75. The summed E-state index contributed by atoms with van der Waals surface area (Å²) >= 11 is 0. The summed E-state index contributed by atoms with van der Waals surface area (Å²) in [4.78, 5) is 5.07. The third-order valence-electron chi connectivity index (χ3n) is 7.22. The van der Waals surface area contributed by atoms with Crippen molar-refractivity contribution in [1.29, 1.82) is 0 Å². The third-order valence-corrected chi connectivity index (χ3v) is 7.22. The molecule has 6 nitrogen and oxygen atoms in total. The molecule has 0 amide bonds. The quantitative estimate of drug-likeness (QED) is 0.608. The number of hydrogen-bond acceptors (Lipinski definition) is 6. The number of ether oxygens (including phenoxy) is 1. The molecule has 0 radical (unpaired) electrons. The number of nitrogens with one attached hydrogen (secondary N) is 1. The maximum Gasteiger partial charge on any atom is 0.180 e. The zero-order valence-electron chi connectivity index (χ0n) is 18.6. The molecule has 1 aromatic heterocycles. The molecule has 2 saturated heterocycles. The first-order valence-corrected chi connectivity index (χ1v) is 12.1. The molecular formula is C26H32N4O2. The predicted molar refractivity (Wildman–Crippen MR) is 126 cm³/mol. The zero-order chi connectivity index (χ0) is 21.3. The molecule has 3 aromatic rings. The summed E-state index contributed by atoms with van der Waals surface area (Å²) in [5.74, 6) is 2.60. The smallest absolute Gasteiger partial charge is 0.180 e. The van der Waals surface area contributed by atoms with E-state index in [1.807, 2.05) is 12.1 Å². The molecular weight excluding hydrogens is 400 g/mol. The normalized spacial score (nSPS) is 23.9. The highest BCUT2D eigenvalue weighted by atomic mass is 16.5. The van der Waals surface area contributed by atoms with Crippen LogP contribution in [0.25, 0.3) is 11.0 Å². The molecule has 2 aromatic carbocycles. The Bertz CT molecular complexity index is 1060. The highest BCUT2D eigenvalue weighted by Gasteiger charge is 2.34. The average molecular weight is 433 g/mol. The SMILES string of the molecule is c1cc(CNC2CC2)cc(OCC2CCC3CN(c4noc5ccccc45)CCN3C2)c1. The van der Waals surface area contributed by atoms with Gasteiger partial charge in [-0.25, -0.2) is 0 Å². The van der Waals surface area contributed by atoms with Crippen LogP contribution in [-0.4, -0.2) is 54.9 Å². The monoisotopic (exact) mass is 432 g/mol. The molecule has 168 valence electrons. The minimum Gasteiger partial charge on any atom is -0.493 e. The molecule has 0 spiro atoms. The van der Waals surface area contributed by atoms with Crippen molar-refractivity contribution in [3.63, 3.8) is 0 Å². The molecule has 2 unspecified atom stereocenters. The van der Waals surface area contributed by atoms with Crippen molar-refractivity contribution < 1.29 is 9.26 Å². The van der Waals surface area contributed by atoms with E-state index in [2.05, 4.69) is 56.7 Å². The van der Waals surface area contributed by atoms with Gasteiger partial charge in [0.1, 0.15) is 5.75 Å². The first kappa shape index (κ1) is 20.1. The maximum absolute atomic E-state index is 6.23. The van der Waals surface area contributed by atoms with Gasteiger partial charge in [-0.05, 0) is 55.5 Å². The second-order valence-electron chi connectivity index (χ2n) is 9.65. The summed E-state index contributed by atoms with van der Waals surface area (Å²) in [5, 5.41) is 9.08. The van der Waals surface area contributed by atoms with Gasteiger partial charge in [0.25, 0.3) is 0 Å². The van der Waals surface area contributed by atoms with Gasteiger partial charge in [0.15, 0.2) is 11.4 Å². The number of rotatable bonds is 7. The minimum atomic E-state index is 0.590. The van der Waals surface area contributed by atoms with Crippen LogP contribution >= 0.6 is 0 Å². The van der Waals surface area contributed by atoms with Gasteiger partial charge in [-0.15, -0.1) is 0 Å². The van der Waals surface area contributed by atoms with Crippen LogP contribution in [0.4, 0.5) is 5.82 Å². The van der Waals surface area contributed by atoms with Gasteiger partial charge >= 0.3 is 0 Å². The highest BCUT2D eigenvalue weighted by Crippen LogP contribution is 2.31. The number of nitrogens with zero attached hydrogens (tertiary/aromatic N) is 3. The van der Waals surface area contributed by atoms with Crippen LogP contribution in [0.1, 0.15) is 31.2 Å². The first-order valence-electron chi connectivity index (χ1n) is 12.1. The van der Waals surface area contributed by atoms with Gasteiger partial charge in [-0.1, -0.05) is 29.4 Å². The second-order valence-corrected chi connectivity index (χ2v) is 9.65. The van der Waals surface area contributed by atoms with Crippen LogP contribution in [0.15, 0.2) is 53.1 Å². The lowest BCUT2D eigenvalue weighted by Gasteiger charge is -2.46. The minimum absolute atomic E-state index is 0.590. The van der Waals surface area contributed by atoms with Crippen LogP contribution in [0, 0.1) is 5.92 Å². The van der Waals surface area contributed by atoms with E-state index < -0.39 is 0 Å². The molecule has 6 heteroatoms. The van der Waals surface area contributed by atoms with E-state index in [1.165, 1.54) is 31.2 Å². The van der Waals surface area contributed by atoms with Crippen LogP contribution in [0.3, 0.4) is 0 Å². The van der Waals surface area contributed by atoms with Crippen molar-refractivity contribution in [2.45, 2.75) is 44.3 Å². The molecule has 1 N–H and O–H groups in total. The maximum atomic E-state index is 6.23. The van der Waals surface area contributed by atoms with Gasteiger partial charge in [-0.2, -0.15) is 0 Å². The Morgan fingerprint density at radius 3 is 2.88 bits per heavy atom. The topological polar surface area (TPSA) is 53.8 Å². The summed E-state index contributed by atoms with van der Waals surface area (Å²) in [6.45, 7) is 5.97. The molecule has 2 atom stereocenters. The largest absolute Gasteiger partial charge is 0.493 e. The Balaban J connectivity index is 1.02. The van der Waals surface area contributed by atoms with E-state index in [9.17, 15) is 0 Å². The van der Waals surface area contributed by atoms with Crippen LogP contribution in [-0.2, 0) is 6.54 Å². The summed E-state index contributed by atoms with van der Waals surface area (Å²) in [7, 11) is 0. The van der Waals surface area contributed by atoms with E-state index in [1.54, 1.807) is 0 Å². The lowest BCUT2D eigenvalue weighted by Crippen LogP contribution is -2.57. The van der Waals surface area contributed by atoms with E-state index >= 15 is 0 Å². The summed E-state index contributed by atoms with van der Waals surface area (Å²) in [6.07, 6.45) is 5.08. The molecule has 6 rings (SSSR count). The number of piperidine rings is 1. The number of aromatic nitrogens is 1. The fourth-order valence-corrected chi connectivity index (χ4v) is 5.20. The first-order chi connectivity index (χ1) is 15.8. The van der Waals surface area contributed by atoms with Crippen molar-refractivity contribution in [3.05, 3.63) is 54.1 Å². The van der Waals surface area contributed by atoms with E-state index in [0.717, 1.165) is 67.9 Å². The van der Waals surface area contributed by atoms with Gasteiger partial charge < -0.3 is 19.5 Å². The van der Waals surface area contributed by atoms with Crippen molar-refractivity contribution in [3.8, 4) is 5.75 Å². The number of anilines is 1.